The van der Waals surface area contributed by atoms with E-state index in [2.05, 4.69) is 14.7 Å². The number of hydrogen-bond acceptors (Lipinski definition) is 6. The lowest BCUT2D eigenvalue weighted by Gasteiger charge is -2.43. The Kier molecular flexibility index (Phi) is 6.40. The van der Waals surface area contributed by atoms with Gasteiger partial charge in [-0.2, -0.15) is 18.2 Å². The van der Waals surface area contributed by atoms with Crippen LogP contribution in [0.3, 0.4) is 0 Å². The molecule has 2 amide bonds. The normalized spacial score (nSPS) is 20.0. The van der Waals surface area contributed by atoms with Gasteiger partial charge in [-0.25, -0.2) is 4.79 Å². The first-order valence-corrected chi connectivity index (χ1v) is 12.3. The van der Waals surface area contributed by atoms with E-state index in [1.54, 1.807) is 21.9 Å². The number of hydrogen-bond donors (Lipinski definition) is 0. The topological polar surface area (TPSA) is 88.8 Å². The van der Waals surface area contributed by atoms with Crippen LogP contribution in [0.5, 0.6) is 0 Å². The lowest BCUT2D eigenvalue weighted by atomic mass is 9.85. The summed E-state index contributed by atoms with van der Waals surface area (Å²) in [5, 5.41) is 3.43. The van der Waals surface area contributed by atoms with Crippen LogP contribution in [0, 0.1) is 0 Å². The molecule has 2 aliphatic heterocycles. The zero-order chi connectivity index (χ0) is 27.2. The van der Waals surface area contributed by atoms with E-state index in [1.165, 1.54) is 6.07 Å². The number of benzene rings is 2. The number of amides is 2. The van der Waals surface area contributed by atoms with Gasteiger partial charge < -0.3 is 19.1 Å². The minimum Gasteiger partial charge on any atom is -0.444 e. The highest BCUT2D eigenvalue weighted by Gasteiger charge is 2.42. The molecule has 1 saturated heterocycles. The van der Waals surface area contributed by atoms with Crippen molar-refractivity contribution in [3.8, 4) is 11.4 Å². The number of aromatic nitrogens is 2. The molecule has 8 nitrogen and oxygen atoms in total. The van der Waals surface area contributed by atoms with Crippen LogP contribution in [-0.4, -0.2) is 56.7 Å². The van der Waals surface area contributed by atoms with Crippen LogP contribution >= 0.6 is 0 Å². The number of rotatable bonds is 3. The van der Waals surface area contributed by atoms with Gasteiger partial charge in [0, 0.05) is 42.7 Å². The number of fused-ring (bicyclic) bond motifs is 1. The molecule has 5 rings (SSSR count). The maximum absolute atomic E-state index is 13.6. The number of piperidine rings is 1. The van der Waals surface area contributed by atoms with Crippen LogP contribution in [0.2, 0.25) is 0 Å². The summed E-state index contributed by atoms with van der Waals surface area (Å²) in [5.74, 6) is -2.05. The highest BCUT2D eigenvalue weighted by Crippen LogP contribution is 2.37. The molecule has 1 aromatic heterocycles. The Morgan fingerprint density at radius 3 is 2.50 bits per heavy atom. The van der Waals surface area contributed by atoms with Gasteiger partial charge in [-0.15, -0.1) is 0 Å². The highest BCUT2D eigenvalue weighted by atomic mass is 19.4. The van der Waals surface area contributed by atoms with Gasteiger partial charge >= 0.3 is 18.2 Å². The minimum atomic E-state index is -4.75. The van der Waals surface area contributed by atoms with Crippen molar-refractivity contribution in [2.24, 2.45) is 0 Å². The Bertz CT molecular complexity index is 1350. The number of likely N-dealkylation sites (tertiary alicyclic amines) is 1. The SMILES string of the molecule is CC(C)(C)OC(=O)N1CC[C@@H](N2Cc3ccc(-c4noc(C(F)(F)F)n4)cc3C2=O)[C@@H](c2ccccc2)C1. The first-order valence-electron chi connectivity index (χ1n) is 12.3. The van der Waals surface area contributed by atoms with Crippen molar-refractivity contribution in [2.75, 3.05) is 13.1 Å². The van der Waals surface area contributed by atoms with E-state index < -0.39 is 23.8 Å². The zero-order valence-corrected chi connectivity index (χ0v) is 21.2. The molecule has 0 N–H and O–H groups in total. The van der Waals surface area contributed by atoms with E-state index in [0.29, 0.717) is 31.6 Å². The molecule has 0 unspecified atom stereocenters. The molecule has 11 heteroatoms. The van der Waals surface area contributed by atoms with E-state index in [1.807, 2.05) is 51.1 Å². The van der Waals surface area contributed by atoms with Gasteiger partial charge in [0.25, 0.3) is 5.91 Å². The van der Waals surface area contributed by atoms with E-state index >= 15 is 0 Å². The molecule has 0 saturated carbocycles. The van der Waals surface area contributed by atoms with Crippen LogP contribution in [0.4, 0.5) is 18.0 Å². The Morgan fingerprint density at radius 1 is 1.11 bits per heavy atom. The molecule has 0 aliphatic carbocycles. The fraction of sp³-hybridized carbons (Fsp3) is 0.407. The van der Waals surface area contributed by atoms with Gasteiger partial charge in [-0.1, -0.05) is 47.6 Å². The molecular formula is C27H27F3N4O4. The molecule has 0 bridgehead atoms. The molecule has 3 aromatic rings. The highest BCUT2D eigenvalue weighted by molar-refractivity contribution is 5.99. The van der Waals surface area contributed by atoms with Crippen LogP contribution in [0.25, 0.3) is 11.4 Å². The van der Waals surface area contributed by atoms with Crippen LogP contribution in [0.15, 0.2) is 53.1 Å². The molecule has 2 atom stereocenters. The van der Waals surface area contributed by atoms with E-state index in [4.69, 9.17) is 4.74 Å². The summed E-state index contributed by atoms with van der Waals surface area (Å²) in [6.07, 6.45) is -4.60. The van der Waals surface area contributed by atoms with Crippen molar-refractivity contribution in [1.29, 1.82) is 0 Å². The second-order valence-corrected chi connectivity index (χ2v) is 10.5. The minimum absolute atomic E-state index is 0.151. The third-order valence-corrected chi connectivity index (χ3v) is 6.72. The lowest BCUT2D eigenvalue weighted by Crippen LogP contribution is -2.52. The summed E-state index contributed by atoms with van der Waals surface area (Å²) < 4.78 is 48.6. The molecule has 2 aliphatic rings. The average molecular weight is 529 g/mol. The Balaban J connectivity index is 1.40. The van der Waals surface area contributed by atoms with Crippen LogP contribution in [-0.2, 0) is 17.5 Å². The monoisotopic (exact) mass is 528 g/mol. The summed E-state index contributed by atoms with van der Waals surface area (Å²) in [7, 11) is 0. The summed E-state index contributed by atoms with van der Waals surface area (Å²) in [6, 6.07) is 14.3. The Hall–Kier alpha value is -3.89. The molecule has 0 spiro atoms. The summed E-state index contributed by atoms with van der Waals surface area (Å²) in [6.45, 7) is 6.63. The molecule has 1 fully saturated rings. The van der Waals surface area contributed by atoms with E-state index in [9.17, 15) is 22.8 Å². The molecule has 200 valence electrons. The largest absolute Gasteiger partial charge is 0.471 e. The Labute approximate surface area is 217 Å². The summed E-state index contributed by atoms with van der Waals surface area (Å²) >= 11 is 0. The van der Waals surface area contributed by atoms with Gasteiger partial charge in [-0.3, -0.25) is 4.79 Å². The third kappa shape index (κ3) is 5.09. The third-order valence-electron chi connectivity index (χ3n) is 6.72. The van der Waals surface area contributed by atoms with Gasteiger partial charge in [-0.05, 0) is 44.4 Å². The molecule has 2 aromatic carbocycles. The standard InChI is InChI=1S/C27H27F3N4O4/c1-26(2,3)37-25(36)33-12-11-21(20(15-33)16-7-5-4-6-8-16)34-14-18-10-9-17(13-19(18)23(34)35)22-31-24(38-32-22)27(28,29)30/h4-10,13,20-21H,11-12,14-15H2,1-3H3/t20-,21-/m1/s1. The van der Waals surface area contributed by atoms with Crippen molar-refractivity contribution in [1.82, 2.24) is 19.9 Å². The van der Waals surface area contributed by atoms with E-state index in [0.717, 1.165) is 11.1 Å². The number of alkyl halides is 3. The number of carbonyl (C=O) groups excluding carboxylic acids is 2. The molecule has 0 radical (unpaired) electrons. The zero-order valence-electron chi connectivity index (χ0n) is 21.2. The average Bonchev–Trinajstić information content (AvgIpc) is 3.49. The predicted molar refractivity (Wildman–Crippen MR) is 130 cm³/mol. The maximum Gasteiger partial charge on any atom is 0.471 e. The second kappa shape index (κ2) is 9.45. The number of ether oxygens (including phenoxy) is 1. The lowest BCUT2D eigenvalue weighted by molar-refractivity contribution is -0.159. The van der Waals surface area contributed by atoms with Gasteiger partial charge in [0.2, 0.25) is 5.82 Å². The fourth-order valence-electron chi connectivity index (χ4n) is 5.02. The van der Waals surface area contributed by atoms with Crippen LogP contribution in [0.1, 0.15) is 60.5 Å². The molecular weight excluding hydrogens is 501 g/mol. The number of nitrogens with zero attached hydrogens (tertiary/aromatic N) is 4. The Morgan fingerprint density at radius 2 is 1.84 bits per heavy atom. The first kappa shape index (κ1) is 25.7. The van der Waals surface area contributed by atoms with Crippen molar-refractivity contribution in [2.45, 2.75) is 57.5 Å². The quantitative estimate of drug-likeness (QED) is 0.446. The maximum atomic E-state index is 13.6. The summed E-state index contributed by atoms with van der Waals surface area (Å²) in [4.78, 5) is 33.3. The van der Waals surface area contributed by atoms with Crippen molar-refractivity contribution < 1.29 is 32.0 Å². The number of halogens is 3. The van der Waals surface area contributed by atoms with Gasteiger partial charge in [0.15, 0.2) is 0 Å². The van der Waals surface area contributed by atoms with Gasteiger partial charge in [0.05, 0.1) is 0 Å². The van der Waals surface area contributed by atoms with Crippen molar-refractivity contribution in [3.63, 3.8) is 0 Å². The fourth-order valence-corrected chi connectivity index (χ4v) is 5.02. The van der Waals surface area contributed by atoms with Gasteiger partial charge in [0.1, 0.15) is 5.60 Å². The number of carbonyl (C=O) groups is 2. The van der Waals surface area contributed by atoms with E-state index in [-0.39, 0.29) is 29.3 Å². The van der Waals surface area contributed by atoms with Crippen molar-refractivity contribution in [3.05, 3.63) is 71.1 Å². The van der Waals surface area contributed by atoms with Crippen molar-refractivity contribution >= 4 is 12.0 Å². The second-order valence-electron chi connectivity index (χ2n) is 10.5. The molecule has 3 heterocycles. The molecule has 38 heavy (non-hydrogen) atoms. The van der Waals surface area contributed by atoms with Crippen LogP contribution < -0.4 is 0 Å². The smallest absolute Gasteiger partial charge is 0.444 e. The first-order chi connectivity index (χ1) is 17.9. The summed E-state index contributed by atoms with van der Waals surface area (Å²) in [5.41, 5.74) is 1.79. The predicted octanol–water partition coefficient (Wildman–Crippen LogP) is 5.50.